The minimum atomic E-state index is -2.52. The number of hydrogen-bond donors (Lipinski definition) is 2. The van der Waals surface area contributed by atoms with Gasteiger partial charge in [-0.3, -0.25) is 0 Å². The van der Waals surface area contributed by atoms with Crippen LogP contribution in [0, 0.1) is 0 Å². The number of rotatable bonds is 2. The molecule has 1 aliphatic heterocycles. The predicted molar refractivity (Wildman–Crippen MR) is 75.3 cm³/mol. The highest BCUT2D eigenvalue weighted by atomic mass is 19.3. The second-order valence-electron chi connectivity index (χ2n) is 4.97. The fourth-order valence-electron chi connectivity index (χ4n) is 2.61. The molecule has 20 heavy (non-hydrogen) atoms. The zero-order valence-corrected chi connectivity index (χ0v) is 10.9. The van der Waals surface area contributed by atoms with Crippen molar-refractivity contribution < 1.29 is 13.9 Å². The number of phenols is 1. The van der Waals surface area contributed by atoms with Crippen LogP contribution < -0.4 is 5.32 Å². The Hall–Kier alpha value is -2.10. The second kappa shape index (κ2) is 5.12. The lowest BCUT2D eigenvalue weighted by atomic mass is 9.93. The number of aromatic hydroxyl groups is 1. The molecule has 0 atom stereocenters. The number of alkyl halides is 2. The Morgan fingerprint density at radius 3 is 2.55 bits per heavy atom. The number of halogens is 2. The monoisotopic (exact) mass is 275 g/mol. The molecule has 1 heterocycles. The van der Waals surface area contributed by atoms with Crippen molar-refractivity contribution in [2.24, 2.45) is 0 Å². The van der Waals surface area contributed by atoms with Crippen molar-refractivity contribution in [1.29, 1.82) is 0 Å². The van der Waals surface area contributed by atoms with Crippen molar-refractivity contribution in [1.82, 2.24) is 0 Å². The first kappa shape index (κ1) is 12.9. The molecule has 0 bridgehead atoms. The van der Waals surface area contributed by atoms with E-state index in [1.165, 1.54) is 12.1 Å². The van der Waals surface area contributed by atoms with Gasteiger partial charge in [0.25, 0.3) is 6.43 Å². The Morgan fingerprint density at radius 1 is 1.10 bits per heavy atom. The summed E-state index contributed by atoms with van der Waals surface area (Å²) in [6, 6.07) is 9.76. The van der Waals surface area contributed by atoms with E-state index in [1.54, 1.807) is 18.2 Å². The van der Waals surface area contributed by atoms with Gasteiger partial charge >= 0.3 is 0 Å². The molecular weight excluding hydrogens is 260 g/mol. The zero-order valence-electron chi connectivity index (χ0n) is 10.9. The van der Waals surface area contributed by atoms with E-state index in [2.05, 4.69) is 5.32 Å². The van der Waals surface area contributed by atoms with E-state index in [0.29, 0.717) is 11.1 Å². The summed E-state index contributed by atoms with van der Waals surface area (Å²) in [7, 11) is 0. The maximum Gasteiger partial charge on any atom is 0.264 e. The van der Waals surface area contributed by atoms with Gasteiger partial charge in [-0.15, -0.1) is 0 Å². The van der Waals surface area contributed by atoms with E-state index in [4.69, 9.17) is 0 Å². The molecule has 0 fully saturated rings. The number of anilines is 1. The third kappa shape index (κ3) is 2.33. The van der Waals surface area contributed by atoms with Crippen LogP contribution >= 0.6 is 0 Å². The van der Waals surface area contributed by atoms with E-state index >= 15 is 0 Å². The normalized spacial score (nSPS) is 13.9. The standard InChI is InChI=1S/C16H15F2NO/c17-16(18)14-9-15-11(2-1-7-19-15)8-13(14)10-3-5-12(20)6-4-10/h3-6,8-9,16,19-20H,1-2,7H2. The molecule has 0 spiro atoms. The van der Waals surface area contributed by atoms with Crippen molar-refractivity contribution in [3.05, 3.63) is 47.5 Å². The molecule has 104 valence electrons. The van der Waals surface area contributed by atoms with E-state index in [-0.39, 0.29) is 11.3 Å². The van der Waals surface area contributed by atoms with Crippen molar-refractivity contribution in [2.45, 2.75) is 19.3 Å². The third-order valence-electron chi connectivity index (χ3n) is 3.63. The molecule has 0 aliphatic carbocycles. The summed E-state index contributed by atoms with van der Waals surface area (Å²) in [5, 5.41) is 12.5. The summed E-state index contributed by atoms with van der Waals surface area (Å²) in [5.74, 6) is 0.131. The Labute approximate surface area is 116 Å². The summed E-state index contributed by atoms with van der Waals surface area (Å²) in [6.45, 7) is 0.828. The minimum absolute atomic E-state index is 0.0313. The highest BCUT2D eigenvalue weighted by molar-refractivity contribution is 5.73. The molecule has 2 aromatic rings. The van der Waals surface area contributed by atoms with Crippen LogP contribution in [0.4, 0.5) is 14.5 Å². The molecule has 0 radical (unpaired) electrons. The fraction of sp³-hybridized carbons (Fsp3) is 0.250. The van der Waals surface area contributed by atoms with Gasteiger partial charge in [0.1, 0.15) is 5.75 Å². The van der Waals surface area contributed by atoms with Crippen molar-refractivity contribution in [3.8, 4) is 16.9 Å². The van der Waals surface area contributed by atoms with Crippen molar-refractivity contribution in [3.63, 3.8) is 0 Å². The molecule has 0 aromatic heterocycles. The van der Waals surface area contributed by atoms with Gasteiger partial charge in [-0.1, -0.05) is 12.1 Å². The summed E-state index contributed by atoms with van der Waals surface area (Å²) >= 11 is 0. The molecule has 2 nitrogen and oxygen atoms in total. The van der Waals surface area contributed by atoms with Gasteiger partial charge in [0.15, 0.2) is 0 Å². The number of fused-ring (bicyclic) bond motifs is 1. The van der Waals surface area contributed by atoms with Crippen LogP contribution in [0.25, 0.3) is 11.1 Å². The van der Waals surface area contributed by atoms with Crippen LogP contribution in [0.3, 0.4) is 0 Å². The van der Waals surface area contributed by atoms with Crippen LogP contribution in [-0.2, 0) is 6.42 Å². The first-order valence-electron chi connectivity index (χ1n) is 6.63. The van der Waals surface area contributed by atoms with Crippen LogP contribution in [0.2, 0.25) is 0 Å². The van der Waals surface area contributed by atoms with E-state index < -0.39 is 6.43 Å². The first-order valence-corrected chi connectivity index (χ1v) is 6.63. The van der Waals surface area contributed by atoms with Crippen LogP contribution in [0.5, 0.6) is 5.75 Å². The van der Waals surface area contributed by atoms with Gasteiger partial charge in [0, 0.05) is 17.8 Å². The van der Waals surface area contributed by atoms with E-state index in [1.807, 2.05) is 6.07 Å². The second-order valence-corrected chi connectivity index (χ2v) is 4.97. The lowest BCUT2D eigenvalue weighted by molar-refractivity contribution is 0.152. The number of benzene rings is 2. The molecule has 1 aliphatic rings. The topological polar surface area (TPSA) is 32.3 Å². The maximum atomic E-state index is 13.3. The Balaban J connectivity index is 2.14. The smallest absolute Gasteiger partial charge is 0.264 e. The van der Waals surface area contributed by atoms with Gasteiger partial charge in [-0.05, 0) is 53.8 Å². The Kier molecular flexibility index (Phi) is 3.30. The molecule has 2 N–H and O–H groups in total. The Morgan fingerprint density at radius 2 is 1.85 bits per heavy atom. The molecule has 2 aromatic carbocycles. The van der Waals surface area contributed by atoms with Crippen LogP contribution in [0.15, 0.2) is 36.4 Å². The molecule has 0 saturated carbocycles. The van der Waals surface area contributed by atoms with Gasteiger partial charge in [-0.25, -0.2) is 8.78 Å². The average Bonchev–Trinajstić information content (AvgIpc) is 2.46. The van der Waals surface area contributed by atoms with Gasteiger partial charge in [0.05, 0.1) is 0 Å². The fourth-order valence-corrected chi connectivity index (χ4v) is 2.61. The van der Waals surface area contributed by atoms with E-state index in [9.17, 15) is 13.9 Å². The molecule has 3 rings (SSSR count). The van der Waals surface area contributed by atoms with E-state index in [0.717, 1.165) is 30.6 Å². The molecular formula is C16H15F2NO. The highest BCUT2D eigenvalue weighted by Crippen LogP contribution is 2.37. The SMILES string of the molecule is Oc1ccc(-c2cc3c(cc2C(F)F)NCCC3)cc1. The quantitative estimate of drug-likeness (QED) is 0.853. The van der Waals surface area contributed by atoms with Gasteiger partial charge in [-0.2, -0.15) is 0 Å². The summed E-state index contributed by atoms with van der Waals surface area (Å²) in [5.41, 5.74) is 3.16. The number of hydrogen-bond acceptors (Lipinski definition) is 2. The summed E-state index contributed by atoms with van der Waals surface area (Å²) < 4.78 is 26.6. The average molecular weight is 275 g/mol. The largest absolute Gasteiger partial charge is 0.508 e. The third-order valence-corrected chi connectivity index (χ3v) is 3.63. The van der Waals surface area contributed by atoms with Crippen molar-refractivity contribution in [2.75, 3.05) is 11.9 Å². The lowest BCUT2D eigenvalue weighted by Crippen LogP contribution is -2.12. The molecule has 0 saturated heterocycles. The zero-order chi connectivity index (χ0) is 14.1. The molecule has 4 heteroatoms. The van der Waals surface area contributed by atoms with Gasteiger partial charge in [0.2, 0.25) is 0 Å². The molecule has 0 amide bonds. The van der Waals surface area contributed by atoms with Gasteiger partial charge < -0.3 is 10.4 Å². The van der Waals surface area contributed by atoms with Crippen molar-refractivity contribution >= 4 is 5.69 Å². The minimum Gasteiger partial charge on any atom is -0.508 e. The number of phenolic OH excluding ortho intramolecular Hbond substituents is 1. The first-order chi connectivity index (χ1) is 9.65. The highest BCUT2D eigenvalue weighted by Gasteiger charge is 2.19. The number of aryl methyl sites for hydroxylation is 1. The van der Waals surface area contributed by atoms with Crippen LogP contribution in [-0.4, -0.2) is 11.7 Å². The predicted octanol–water partition coefficient (Wildman–Crippen LogP) is 4.35. The summed E-state index contributed by atoms with van der Waals surface area (Å²) in [6.07, 6.45) is -0.611. The maximum absolute atomic E-state index is 13.3. The summed E-state index contributed by atoms with van der Waals surface area (Å²) in [4.78, 5) is 0. The lowest BCUT2D eigenvalue weighted by Gasteiger charge is -2.21. The number of nitrogens with one attached hydrogen (secondary N) is 1. The van der Waals surface area contributed by atoms with Crippen LogP contribution in [0.1, 0.15) is 24.0 Å². The Bertz CT molecular complexity index is 623. The molecule has 0 unspecified atom stereocenters.